The Hall–Kier alpha value is -3.58. The number of halogens is 1. The molecule has 8 heteroatoms. The minimum Gasteiger partial charge on any atom is -0.507 e. The molecule has 1 heterocycles. The van der Waals surface area contributed by atoms with Crippen molar-refractivity contribution >= 4 is 24.1 Å². The van der Waals surface area contributed by atoms with E-state index in [4.69, 9.17) is 25.7 Å². The second-order valence-corrected chi connectivity index (χ2v) is 10.3. The van der Waals surface area contributed by atoms with Crippen LogP contribution in [-0.4, -0.2) is 29.9 Å². The highest BCUT2D eigenvalue weighted by molar-refractivity contribution is 5.85. The van der Waals surface area contributed by atoms with Crippen molar-refractivity contribution in [2.45, 2.75) is 65.4 Å². The Labute approximate surface area is 237 Å². The number of hydrogen-bond acceptors (Lipinski definition) is 5. The monoisotopic (exact) mass is 553 g/mol. The van der Waals surface area contributed by atoms with Gasteiger partial charge in [0.05, 0.1) is 18.9 Å². The molecular weight excluding hydrogens is 514 g/mol. The van der Waals surface area contributed by atoms with Gasteiger partial charge in [-0.25, -0.2) is 4.99 Å². The first-order valence-corrected chi connectivity index (χ1v) is 13.2. The van der Waals surface area contributed by atoms with Crippen molar-refractivity contribution in [2.75, 3.05) is 13.2 Å². The van der Waals surface area contributed by atoms with Gasteiger partial charge in [-0.2, -0.15) is 0 Å². The zero-order valence-corrected chi connectivity index (χ0v) is 24.1. The number of ether oxygens (including phenoxy) is 3. The molecule has 3 aromatic carbocycles. The van der Waals surface area contributed by atoms with Crippen molar-refractivity contribution in [3.8, 4) is 23.0 Å². The van der Waals surface area contributed by atoms with Crippen LogP contribution >= 0.6 is 12.4 Å². The normalized spacial score (nSPS) is 15.9. The zero-order valence-electron chi connectivity index (χ0n) is 23.3. The average Bonchev–Trinajstić information content (AvgIpc) is 2.90. The zero-order chi connectivity index (χ0) is 27.3. The van der Waals surface area contributed by atoms with Crippen molar-refractivity contribution in [1.29, 1.82) is 0 Å². The summed E-state index contributed by atoms with van der Waals surface area (Å²) in [7, 11) is 0. The van der Waals surface area contributed by atoms with Crippen LogP contribution in [0.25, 0.3) is 0 Å². The molecule has 3 aromatic rings. The van der Waals surface area contributed by atoms with E-state index in [1.165, 1.54) is 5.56 Å². The van der Waals surface area contributed by atoms with Gasteiger partial charge in [0.1, 0.15) is 28.6 Å². The van der Waals surface area contributed by atoms with Crippen LogP contribution in [0.15, 0.2) is 53.5 Å². The minimum atomic E-state index is -0.293. The number of nitrogens with zero attached hydrogens (tertiary/aromatic N) is 1. The number of guanidine groups is 1. The molecule has 1 aliphatic rings. The Bertz CT molecular complexity index is 1290. The van der Waals surface area contributed by atoms with E-state index in [9.17, 15) is 5.11 Å². The quantitative estimate of drug-likeness (QED) is 0.156. The predicted octanol–water partition coefficient (Wildman–Crippen LogP) is 6.21. The molecule has 0 amide bonds. The highest BCUT2D eigenvalue weighted by atomic mass is 35.5. The van der Waals surface area contributed by atoms with Gasteiger partial charge in [0, 0.05) is 12.0 Å². The van der Waals surface area contributed by atoms with Crippen molar-refractivity contribution in [3.05, 3.63) is 76.3 Å². The predicted molar refractivity (Wildman–Crippen MR) is 159 cm³/mol. The lowest BCUT2D eigenvalue weighted by Crippen LogP contribution is -2.38. The van der Waals surface area contributed by atoms with Gasteiger partial charge < -0.3 is 30.8 Å². The first-order chi connectivity index (χ1) is 18.1. The van der Waals surface area contributed by atoms with E-state index in [0.717, 1.165) is 71.6 Å². The number of aliphatic imine (C=N–C) groups is 1. The number of hydrogen-bond donors (Lipinski definition) is 3. The van der Waals surface area contributed by atoms with E-state index < -0.39 is 0 Å². The molecule has 0 fully saturated rings. The fourth-order valence-corrected chi connectivity index (χ4v) is 4.84. The van der Waals surface area contributed by atoms with Gasteiger partial charge in [-0.05, 0) is 112 Å². The summed E-state index contributed by atoms with van der Waals surface area (Å²) in [6.45, 7) is 9.30. The maximum absolute atomic E-state index is 10.4. The van der Waals surface area contributed by atoms with Crippen LogP contribution in [0.2, 0.25) is 0 Å². The molecule has 0 saturated heterocycles. The first-order valence-electron chi connectivity index (χ1n) is 13.2. The lowest BCUT2D eigenvalue weighted by Gasteiger charge is -2.38. The van der Waals surface area contributed by atoms with Crippen LogP contribution in [0, 0.1) is 20.8 Å². The molecule has 210 valence electrons. The number of aromatic hydroxyl groups is 1. The molecule has 1 aliphatic heterocycles. The molecule has 0 saturated carbocycles. The van der Waals surface area contributed by atoms with Crippen molar-refractivity contribution in [1.82, 2.24) is 0 Å². The van der Waals surface area contributed by atoms with Crippen LogP contribution in [0.5, 0.6) is 23.0 Å². The molecule has 0 aliphatic carbocycles. The fraction of sp³-hybridized carbons (Fsp3) is 0.387. The molecule has 1 atom stereocenters. The SMILES string of the molecule is Cc1c(C)c2c(c(C)c1O)CCC(C)(CCOc1ccc(CCCOc3ccc(N=C(N)N)cc3)cc1)O2.Cl. The number of fused-ring (bicyclic) bond motifs is 1. The Balaban J connectivity index is 0.00000420. The summed E-state index contributed by atoms with van der Waals surface area (Å²) in [6, 6.07) is 15.6. The summed E-state index contributed by atoms with van der Waals surface area (Å²) in [5, 5.41) is 10.4. The van der Waals surface area contributed by atoms with Crippen LogP contribution < -0.4 is 25.7 Å². The van der Waals surface area contributed by atoms with Gasteiger partial charge in [0.2, 0.25) is 0 Å². The van der Waals surface area contributed by atoms with Crippen LogP contribution in [0.3, 0.4) is 0 Å². The van der Waals surface area contributed by atoms with Crippen LogP contribution in [0.4, 0.5) is 5.69 Å². The molecule has 1 unspecified atom stereocenters. The van der Waals surface area contributed by atoms with Crippen LogP contribution in [-0.2, 0) is 12.8 Å². The van der Waals surface area contributed by atoms with Gasteiger partial charge in [0.25, 0.3) is 0 Å². The van der Waals surface area contributed by atoms with Gasteiger partial charge in [0.15, 0.2) is 5.96 Å². The van der Waals surface area contributed by atoms with Crippen LogP contribution in [0.1, 0.15) is 54.0 Å². The minimum absolute atomic E-state index is 0. The standard InChI is InChI=1S/C31H39N3O4.ClH/c1-20-21(2)29-27(22(3)28(20)35)15-16-31(4,38-29)17-19-37-25-11-7-23(8-12-25)6-5-18-36-26-13-9-24(10-14-26)34-30(32)33;/h7-14,35H,5-6,15-19H2,1-4H3,(H4,32,33,34);1H. The van der Waals surface area contributed by atoms with Gasteiger partial charge in [-0.1, -0.05) is 12.1 Å². The Kier molecular flexibility index (Phi) is 9.97. The molecular formula is C31H40ClN3O4. The highest BCUT2D eigenvalue weighted by Gasteiger charge is 2.34. The summed E-state index contributed by atoms with van der Waals surface area (Å²) in [4.78, 5) is 4.00. The summed E-state index contributed by atoms with van der Waals surface area (Å²) in [6.07, 6.45) is 4.41. The van der Waals surface area contributed by atoms with Crippen molar-refractivity contribution in [3.63, 3.8) is 0 Å². The van der Waals surface area contributed by atoms with Gasteiger partial charge in [-0.15, -0.1) is 12.4 Å². The van der Waals surface area contributed by atoms with Crippen molar-refractivity contribution < 1.29 is 19.3 Å². The maximum atomic E-state index is 10.4. The number of nitrogens with two attached hydrogens (primary N) is 2. The third-order valence-corrected chi connectivity index (χ3v) is 7.39. The number of phenolic OH excluding ortho intramolecular Hbond substituents is 1. The van der Waals surface area contributed by atoms with E-state index in [2.05, 4.69) is 24.0 Å². The second-order valence-electron chi connectivity index (χ2n) is 10.3. The molecule has 5 N–H and O–H groups in total. The smallest absolute Gasteiger partial charge is 0.191 e. The number of rotatable bonds is 10. The molecule has 39 heavy (non-hydrogen) atoms. The molecule has 0 bridgehead atoms. The Morgan fingerprint density at radius 3 is 2.18 bits per heavy atom. The number of benzene rings is 3. The molecule has 0 aromatic heterocycles. The Morgan fingerprint density at radius 2 is 1.54 bits per heavy atom. The highest BCUT2D eigenvalue weighted by Crippen LogP contribution is 2.44. The summed E-state index contributed by atoms with van der Waals surface area (Å²) >= 11 is 0. The third-order valence-electron chi connectivity index (χ3n) is 7.39. The van der Waals surface area contributed by atoms with E-state index in [1.54, 1.807) is 0 Å². The lowest BCUT2D eigenvalue weighted by atomic mass is 9.86. The third kappa shape index (κ3) is 7.51. The Morgan fingerprint density at radius 1 is 0.923 bits per heavy atom. The maximum Gasteiger partial charge on any atom is 0.191 e. The van der Waals surface area contributed by atoms with E-state index in [1.807, 2.05) is 57.2 Å². The van der Waals surface area contributed by atoms with E-state index >= 15 is 0 Å². The number of aryl methyl sites for hydroxylation is 1. The summed E-state index contributed by atoms with van der Waals surface area (Å²) < 4.78 is 18.4. The summed E-state index contributed by atoms with van der Waals surface area (Å²) in [5.74, 6) is 3.02. The number of phenols is 1. The topological polar surface area (TPSA) is 112 Å². The first kappa shape index (κ1) is 30.0. The molecule has 0 spiro atoms. The van der Waals surface area contributed by atoms with Crippen molar-refractivity contribution in [2.24, 2.45) is 16.5 Å². The summed E-state index contributed by atoms with van der Waals surface area (Å²) in [5.41, 5.74) is 16.4. The second kappa shape index (κ2) is 13.0. The van der Waals surface area contributed by atoms with Gasteiger partial charge in [-0.3, -0.25) is 0 Å². The molecule has 7 nitrogen and oxygen atoms in total. The lowest BCUT2D eigenvalue weighted by molar-refractivity contribution is 0.0411. The van der Waals surface area contributed by atoms with E-state index in [-0.39, 0.29) is 24.0 Å². The fourth-order valence-electron chi connectivity index (χ4n) is 4.84. The molecule has 4 rings (SSSR count). The van der Waals surface area contributed by atoms with Gasteiger partial charge >= 0.3 is 0 Å². The largest absolute Gasteiger partial charge is 0.507 e. The molecule has 0 radical (unpaired) electrons. The average molecular weight is 554 g/mol. The van der Waals surface area contributed by atoms with E-state index in [0.29, 0.717) is 24.7 Å².